The van der Waals surface area contributed by atoms with E-state index in [0.717, 1.165) is 0 Å². The van der Waals surface area contributed by atoms with Gasteiger partial charge in [0.05, 0.1) is 13.2 Å². The zero-order valence-corrected chi connectivity index (χ0v) is 7.03. The number of fused-ring (bicyclic) bond motifs is 2. The normalized spacial score (nSPS) is 41.4. The average molecular weight is 170 g/mol. The van der Waals surface area contributed by atoms with Crippen LogP contribution < -0.4 is 0 Å². The van der Waals surface area contributed by atoms with Gasteiger partial charge in [-0.2, -0.15) is 0 Å². The van der Waals surface area contributed by atoms with Crippen molar-refractivity contribution in [3.05, 3.63) is 0 Å². The van der Waals surface area contributed by atoms with Crippen molar-refractivity contribution in [1.29, 1.82) is 0 Å². The van der Waals surface area contributed by atoms with Gasteiger partial charge in [0.2, 0.25) is 0 Å². The van der Waals surface area contributed by atoms with Crippen LogP contribution in [0.15, 0.2) is 0 Å². The summed E-state index contributed by atoms with van der Waals surface area (Å²) in [7, 11) is 0. The second kappa shape index (κ2) is 3.15. The standard InChI is InChI=1S/C9H14O3/c10-3-9-6-1-8(11)2-7(9)5-12-4-6/h6-7,9-10H,1-5H2. The minimum absolute atomic E-state index is 0.214. The Morgan fingerprint density at radius 1 is 1.33 bits per heavy atom. The Balaban J connectivity index is 2.11. The van der Waals surface area contributed by atoms with Gasteiger partial charge in [-0.15, -0.1) is 0 Å². The summed E-state index contributed by atoms with van der Waals surface area (Å²) in [6, 6.07) is 0. The largest absolute Gasteiger partial charge is 0.396 e. The highest BCUT2D eigenvalue weighted by atomic mass is 16.5. The number of aliphatic hydroxyl groups excluding tert-OH is 1. The van der Waals surface area contributed by atoms with Crippen LogP contribution in [0.5, 0.6) is 0 Å². The van der Waals surface area contributed by atoms with Gasteiger partial charge in [-0.1, -0.05) is 0 Å². The summed E-state index contributed by atoms with van der Waals surface area (Å²) in [5.74, 6) is 1.24. The molecule has 1 N–H and O–H groups in total. The molecule has 0 spiro atoms. The molecule has 68 valence electrons. The highest BCUT2D eigenvalue weighted by Gasteiger charge is 2.39. The molecule has 2 bridgehead atoms. The van der Waals surface area contributed by atoms with Crippen LogP contribution in [0.25, 0.3) is 0 Å². The van der Waals surface area contributed by atoms with Crippen molar-refractivity contribution < 1.29 is 14.6 Å². The van der Waals surface area contributed by atoms with E-state index in [1.165, 1.54) is 0 Å². The number of carbonyl (C=O) groups is 1. The number of carbonyl (C=O) groups excluding carboxylic acids is 1. The Labute approximate surface area is 71.7 Å². The second-order valence-electron chi connectivity index (χ2n) is 3.85. The summed E-state index contributed by atoms with van der Waals surface area (Å²) in [6.45, 7) is 1.53. The van der Waals surface area contributed by atoms with Gasteiger partial charge in [0.25, 0.3) is 0 Å². The zero-order chi connectivity index (χ0) is 8.55. The summed E-state index contributed by atoms with van der Waals surface area (Å²) in [4.78, 5) is 11.2. The van der Waals surface area contributed by atoms with Crippen LogP contribution in [-0.4, -0.2) is 30.7 Å². The average Bonchev–Trinajstić information content (AvgIpc) is 2.02. The third-order valence-electron chi connectivity index (χ3n) is 3.07. The number of hydrogen-bond donors (Lipinski definition) is 1. The van der Waals surface area contributed by atoms with E-state index in [9.17, 15) is 4.79 Å². The van der Waals surface area contributed by atoms with Crippen LogP contribution in [0.1, 0.15) is 12.8 Å². The molecule has 0 radical (unpaired) electrons. The molecule has 2 rings (SSSR count). The number of Topliss-reactive ketones (excluding diaryl/α,β-unsaturated/α-hetero) is 1. The van der Waals surface area contributed by atoms with Gasteiger partial charge in [-0.3, -0.25) is 4.79 Å². The molecule has 1 saturated carbocycles. The van der Waals surface area contributed by atoms with Crippen LogP contribution in [0, 0.1) is 17.8 Å². The van der Waals surface area contributed by atoms with E-state index >= 15 is 0 Å². The van der Waals surface area contributed by atoms with Gasteiger partial charge in [0, 0.05) is 19.4 Å². The fourth-order valence-electron chi connectivity index (χ4n) is 2.39. The van der Waals surface area contributed by atoms with Crippen molar-refractivity contribution in [3.63, 3.8) is 0 Å². The maximum absolute atomic E-state index is 11.2. The zero-order valence-electron chi connectivity index (χ0n) is 7.03. The number of ketones is 1. The summed E-state index contributed by atoms with van der Waals surface area (Å²) in [6.07, 6.45) is 1.23. The van der Waals surface area contributed by atoms with Crippen LogP contribution in [0.2, 0.25) is 0 Å². The maximum Gasteiger partial charge on any atom is 0.133 e. The lowest BCUT2D eigenvalue weighted by molar-refractivity contribution is -0.136. The summed E-state index contributed by atoms with van der Waals surface area (Å²) in [5.41, 5.74) is 0. The quantitative estimate of drug-likeness (QED) is 0.612. The van der Waals surface area contributed by atoms with Gasteiger partial charge in [0.15, 0.2) is 0 Å². The fourth-order valence-corrected chi connectivity index (χ4v) is 2.39. The van der Waals surface area contributed by atoms with Gasteiger partial charge >= 0.3 is 0 Å². The van der Waals surface area contributed by atoms with Crippen molar-refractivity contribution >= 4 is 5.78 Å². The van der Waals surface area contributed by atoms with Crippen molar-refractivity contribution in [2.24, 2.45) is 17.8 Å². The van der Waals surface area contributed by atoms with E-state index in [0.29, 0.717) is 37.8 Å². The molecule has 0 amide bonds. The minimum Gasteiger partial charge on any atom is -0.396 e. The molecule has 2 fully saturated rings. The van der Waals surface area contributed by atoms with Gasteiger partial charge in [-0.25, -0.2) is 0 Å². The molecule has 3 nitrogen and oxygen atoms in total. The van der Waals surface area contributed by atoms with Crippen molar-refractivity contribution in [2.45, 2.75) is 12.8 Å². The van der Waals surface area contributed by atoms with Crippen molar-refractivity contribution in [3.8, 4) is 0 Å². The Kier molecular flexibility index (Phi) is 2.15. The second-order valence-corrected chi connectivity index (χ2v) is 3.85. The van der Waals surface area contributed by atoms with E-state index in [4.69, 9.17) is 9.84 Å². The number of ether oxygens (including phenoxy) is 1. The lowest BCUT2D eigenvalue weighted by Gasteiger charge is -2.40. The summed E-state index contributed by atoms with van der Waals surface area (Å²) < 4.78 is 5.35. The molecule has 1 saturated heterocycles. The first kappa shape index (κ1) is 8.20. The molecule has 0 aromatic carbocycles. The Bertz CT molecular complexity index is 174. The SMILES string of the molecule is O=C1CC2COCC(C1)C2CO. The topological polar surface area (TPSA) is 46.5 Å². The monoisotopic (exact) mass is 170 g/mol. The minimum atomic E-state index is 0.214. The first-order valence-electron chi connectivity index (χ1n) is 4.51. The van der Waals surface area contributed by atoms with Gasteiger partial charge in [0.1, 0.15) is 5.78 Å². The van der Waals surface area contributed by atoms with Crippen LogP contribution in [-0.2, 0) is 9.53 Å². The first-order chi connectivity index (χ1) is 5.81. The van der Waals surface area contributed by atoms with Gasteiger partial charge in [-0.05, 0) is 17.8 Å². The highest BCUT2D eigenvalue weighted by Crippen LogP contribution is 2.36. The lowest BCUT2D eigenvalue weighted by Crippen LogP contribution is -2.43. The molecule has 2 unspecified atom stereocenters. The van der Waals surface area contributed by atoms with E-state index < -0.39 is 0 Å². The summed E-state index contributed by atoms with van der Waals surface area (Å²) in [5, 5.41) is 9.12. The maximum atomic E-state index is 11.2. The van der Waals surface area contributed by atoms with Crippen LogP contribution >= 0.6 is 0 Å². The molecule has 12 heavy (non-hydrogen) atoms. The molecular formula is C9H14O3. The molecule has 0 aromatic rings. The number of rotatable bonds is 1. The van der Waals surface area contributed by atoms with Crippen LogP contribution in [0.4, 0.5) is 0 Å². The molecule has 1 aliphatic heterocycles. The molecule has 1 aliphatic carbocycles. The molecule has 1 heterocycles. The van der Waals surface area contributed by atoms with Crippen molar-refractivity contribution in [2.75, 3.05) is 19.8 Å². The van der Waals surface area contributed by atoms with Crippen LogP contribution in [0.3, 0.4) is 0 Å². The third-order valence-corrected chi connectivity index (χ3v) is 3.07. The number of aliphatic hydroxyl groups is 1. The predicted molar refractivity (Wildman–Crippen MR) is 42.6 cm³/mol. The van der Waals surface area contributed by atoms with E-state index in [-0.39, 0.29) is 18.4 Å². The smallest absolute Gasteiger partial charge is 0.133 e. The summed E-state index contributed by atoms with van der Waals surface area (Å²) >= 11 is 0. The Morgan fingerprint density at radius 3 is 2.42 bits per heavy atom. The molecule has 2 aliphatic rings. The molecule has 3 heteroatoms. The predicted octanol–water partition coefficient (Wildman–Crippen LogP) is 0.220. The number of hydrogen-bond acceptors (Lipinski definition) is 3. The van der Waals surface area contributed by atoms with E-state index in [1.54, 1.807) is 0 Å². The lowest BCUT2D eigenvalue weighted by atomic mass is 9.71. The Morgan fingerprint density at radius 2 is 1.92 bits per heavy atom. The molecular weight excluding hydrogens is 156 g/mol. The first-order valence-corrected chi connectivity index (χ1v) is 4.51. The van der Waals surface area contributed by atoms with E-state index in [2.05, 4.69) is 0 Å². The molecule has 0 aromatic heterocycles. The molecule has 2 atom stereocenters. The highest BCUT2D eigenvalue weighted by molar-refractivity contribution is 5.80. The fraction of sp³-hybridized carbons (Fsp3) is 0.889. The van der Waals surface area contributed by atoms with Gasteiger partial charge < -0.3 is 9.84 Å². The third kappa shape index (κ3) is 1.27. The Hall–Kier alpha value is -0.410. The van der Waals surface area contributed by atoms with E-state index in [1.807, 2.05) is 0 Å². The van der Waals surface area contributed by atoms with Crippen molar-refractivity contribution in [1.82, 2.24) is 0 Å².